The highest BCUT2D eigenvalue weighted by molar-refractivity contribution is 9.10. The molecular weight excluding hydrogens is 224 g/mol. The molecule has 1 aliphatic heterocycles. The smallest absolute Gasteiger partial charge is 0.277 e. The van der Waals surface area contributed by atoms with Gasteiger partial charge in [0.25, 0.3) is 11.8 Å². The summed E-state index contributed by atoms with van der Waals surface area (Å²) in [6.45, 7) is 0. The molecule has 1 aromatic heterocycles. The molecule has 12 heavy (non-hydrogen) atoms. The van der Waals surface area contributed by atoms with Crippen LogP contribution in [0.3, 0.4) is 0 Å². The van der Waals surface area contributed by atoms with Crippen molar-refractivity contribution in [2.24, 2.45) is 0 Å². The molecule has 2 amide bonds. The van der Waals surface area contributed by atoms with Gasteiger partial charge in [-0.1, -0.05) is 0 Å². The van der Waals surface area contributed by atoms with Crippen LogP contribution in [0.15, 0.2) is 16.7 Å². The number of fused-ring (bicyclic) bond motifs is 1. The molecule has 2 heterocycles. The molecule has 0 unspecified atom stereocenters. The predicted octanol–water partition coefficient (Wildman–Crippen LogP) is 0.728. The molecule has 2 rings (SSSR count). The zero-order chi connectivity index (χ0) is 8.72. The Morgan fingerprint density at radius 1 is 1.33 bits per heavy atom. The van der Waals surface area contributed by atoms with Crippen LogP contribution in [0.5, 0.6) is 0 Å². The molecule has 0 radical (unpaired) electrons. The molecular formula is C7H3BrN2O2. The van der Waals surface area contributed by atoms with Crippen LogP contribution in [-0.2, 0) is 0 Å². The standard InChI is InChI=1S/C7H3BrN2O2/c8-3-1-4-5(9-2-3)7(12)10-6(4)11/h1-2H,(H,10,11,12). The number of pyridine rings is 1. The summed E-state index contributed by atoms with van der Waals surface area (Å²) < 4.78 is 0.686. The van der Waals surface area contributed by atoms with Gasteiger partial charge >= 0.3 is 0 Å². The lowest BCUT2D eigenvalue weighted by Gasteiger charge is -1.92. The number of hydrogen-bond acceptors (Lipinski definition) is 3. The molecule has 60 valence electrons. The summed E-state index contributed by atoms with van der Waals surface area (Å²) in [6.07, 6.45) is 1.48. The Labute approximate surface area is 76.1 Å². The fourth-order valence-electron chi connectivity index (χ4n) is 1.02. The van der Waals surface area contributed by atoms with Crippen molar-refractivity contribution in [3.05, 3.63) is 28.0 Å². The number of amides is 2. The van der Waals surface area contributed by atoms with Gasteiger partial charge in [0.15, 0.2) is 0 Å². The van der Waals surface area contributed by atoms with Gasteiger partial charge in [-0.2, -0.15) is 0 Å². The van der Waals surface area contributed by atoms with Crippen molar-refractivity contribution in [1.82, 2.24) is 10.3 Å². The van der Waals surface area contributed by atoms with E-state index >= 15 is 0 Å². The van der Waals surface area contributed by atoms with E-state index in [1.54, 1.807) is 6.07 Å². The van der Waals surface area contributed by atoms with E-state index in [0.717, 1.165) is 0 Å². The third-order valence-electron chi connectivity index (χ3n) is 1.54. The molecule has 0 bridgehead atoms. The highest BCUT2D eigenvalue weighted by Crippen LogP contribution is 2.17. The Bertz CT molecular complexity index is 389. The Hall–Kier alpha value is -1.23. The summed E-state index contributed by atoms with van der Waals surface area (Å²) in [6, 6.07) is 1.57. The van der Waals surface area contributed by atoms with E-state index in [2.05, 4.69) is 26.2 Å². The van der Waals surface area contributed by atoms with Crippen LogP contribution in [0.1, 0.15) is 20.8 Å². The van der Waals surface area contributed by atoms with Gasteiger partial charge in [-0.3, -0.25) is 14.9 Å². The first-order chi connectivity index (χ1) is 5.68. The molecule has 4 nitrogen and oxygen atoms in total. The summed E-state index contributed by atoms with van der Waals surface area (Å²) in [5.74, 6) is -0.814. The van der Waals surface area contributed by atoms with Crippen LogP contribution in [0.4, 0.5) is 0 Å². The Kier molecular flexibility index (Phi) is 1.47. The van der Waals surface area contributed by atoms with E-state index < -0.39 is 5.91 Å². The first-order valence-corrected chi connectivity index (χ1v) is 3.99. The third kappa shape index (κ3) is 0.937. The van der Waals surface area contributed by atoms with Gasteiger partial charge in [0, 0.05) is 10.7 Å². The number of halogens is 1. The van der Waals surface area contributed by atoms with E-state index in [1.807, 2.05) is 0 Å². The van der Waals surface area contributed by atoms with E-state index in [-0.39, 0.29) is 11.6 Å². The number of carbonyl (C=O) groups excluding carboxylic acids is 2. The molecule has 0 atom stereocenters. The van der Waals surface area contributed by atoms with Crippen molar-refractivity contribution in [2.45, 2.75) is 0 Å². The van der Waals surface area contributed by atoms with Gasteiger partial charge < -0.3 is 0 Å². The highest BCUT2D eigenvalue weighted by atomic mass is 79.9. The Balaban J connectivity index is 2.68. The topological polar surface area (TPSA) is 59.1 Å². The van der Waals surface area contributed by atoms with Gasteiger partial charge in [0.1, 0.15) is 5.69 Å². The quantitative estimate of drug-likeness (QED) is 0.664. The average Bonchev–Trinajstić information content (AvgIpc) is 2.28. The van der Waals surface area contributed by atoms with Crippen molar-refractivity contribution < 1.29 is 9.59 Å². The van der Waals surface area contributed by atoms with Crippen molar-refractivity contribution in [2.75, 3.05) is 0 Å². The second kappa shape index (κ2) is 2.38. The minimum absolute atomic E-state index is 0.197. The van der Waals surface area contributed by atoms with Crippen LogP contribution < -0.4 is 5.32 Å². The second-order valence-electron chi connectivity index (χ2n) is 2.33. The number of aromatic nitrogens is 1. The number of hydrogen-bond donors (Lipinski definition) is 1. The van der Waals surface area contributed by atoms with Gasteiger partial charge in [-0.15, -0.1) is 0 Å². The predicted molar refractivity (Wildman–Crippen MR) is 43.7 cm³/mol. The molecule has 1 aliphatic rings. The molecule has 0 saturated carbocycles. The van der Waals surface area contributed by atoms with E-state index in [0.29, 0.717) is 10.0 Å². The SMILES string of the molecule is O=C1NC(=O)c2ncc(Br)cc21. The largest absolute Gasteiger partial charge is 0.287 e. The molecule has 0 saturated heterocycles. The summed E-state index contributed by atoms with van der Waals surface area (Å²) >= 11 is 3.16. The fourth-order valence-corrected chi connectivity index (χ4v) is 1.35. The van der Waals surface area contributed by atoms with E-state index in [1.165, 1.54) is 6.20 Å². The van der Waals surface area contributed by atoms with Gasteiger partial charge in [0.2, 0.25) is 0 Å². The van der Waals surface area contributed by atoms with Gasteiger partial charge in [-0.05, 0) is 22.0 Å². The average molecular weight is 227 g/mol. The summed E-state index contributed by atoms with van der Waals surface area (Å²) in [4.78, 5) is 25.8. The number of carbonyl (C=O) groups is 2. The number of nitrogens with one attached hydrogen (secondary N) is 1. The molecule has 0 aromatic carbocycles. The first kappa shape index (κ1) is 7.42. The molecule has 5 heteroatoms. The number of rotatable bonds is 0. The maximum atomic E-state index is 11.0. The molecule has 0 fully saturated rings. The minimum atomic E-state index is -0.428. The van der Waals surface area contributed by atoms with E-state index in [4.69, 9.17) is 0 Å². The lowest BCUT2D eigenvalue weighted by atomic mass is 10.2. The zero-order valence-electron chi connectivity index (χ0n) is 5.80. The van der Waals surface area contributed by atoms with Crippen LogP contribution in [0.2, 0.25) is 0 Å². The maximum Gasteiger partial charge on any atom is 0.277 e. The monoisotopic (exact) mass is 226 g/mol. The van der Waals surface area contributed by atoms with Crippen molar-refractivity contribution in [3.63, 3.8) is 0 Å². The lowest BCUT2D eigenvalue weighted by molar-refractivity contribution is 0.0878. The molecule has 1 N–H and O–H groups in total. The van der Waals surface area contributed by atoms with Crippen LogP contribution in [-0.4, -0.2) is 16.8 Å². The first-order valence-electron chi connectivity index (χ1n) is 3.20. The summed E-state index contributed by atoms with van der Waals surface area (Å²) in [5.41, 5.74) is 0.526. The normalized spacial score (nSPS) is 14.4. The van der Waals surface area contributed by atoms with E-state index in [9.17, 15) is 9.59 Å². The van der Waals surface area contributed by atoms with Crippen LogP contribution in [0.25, 0.3) is 0 Å². The van der Waals surface area contributed by atoms with Crippen molar-refractivity contribution >= 4 is 27.7 Å². The lowest BCUT2D eigenvalue weighted by Crippen LogP contribution is -2.20. The molecule has 0 spiro atoms. The fraction of sp³-hybridized carbons (Fsp3) is 0. The van der Waals surface area contributed by atoms with Crippen molar-refractivity contribution in [1.29, 1.82) is 0 Å². The highest BCUT2D eigenvalue weighted by Gasteiger charge is 2.27. The maximum absolute atomic E-state index is 11.0. The number of imide groups is 1. The Morgan fingerprint density at radius 3 is 2.83 bits per heavy atom. The second-order valence-corrected chi connectivity index (χ2v) is 3.25. The Morgan fingerprint density at radius 2 is 2.08 bits per heavy atom. The molecule has 0 aliphatic carbocycles. The van der Waals surface area contributed by atoms with Gasteiger partial charge in [0.05, 0.1) is 5.56 Å². The van der Waals surface area contributed by atoms with Crippen LogP contribution in [0, 0.1) is 0 Å². The molecule has 1 aromatic rings. The van der Waals surface area contributed by atoms with Gasteiger partial charge in [-0.25, -0.2) is 4.98 Å². The minimum Gasteiger partial charge on any atom is -0.287 e. The summed E-state index contributed by atoms with van der Waals surface area (Å²) in [7, 11) is 0. The zero-order valence-corrected chi connectivity index (χ0v) is 7.38. The van der Waals surface area contributed by atoms with Crippen LogP contribution >= 0.6 is 15.9 Å². The van der Waals surface area contributed by atoms with Crippen molar-refractivity contribution in [3.8, 4) is 0 Å². The summed E-state index contributed by atoms with van der Waals surface area (Å²) in [5, 5.41) is 2.15. The number of nitrogens with zero attached hydrogens (tertiary/aromatic N) is 1. The third-order valence-corrected chi connectivity index (χ3v) is 1.97.